The number of benzene rings is 1. The van der Waals surface area contributed by atoms with Crippen molar-refractivity contribution in [3.8, 4) is 0 Å². The van der Waals surface area contributed by atoms with Crippen molar-refractivity contribution in [2.45, 2.75) is 64.3 Å². The molecule has 0 radical (unpaired) electrons. The fourth-order valence-corrected chi connectivity index (χ4v) is 5.92. The number of likely N-dealkylation sites (tertiary alicyclic amines) is 1. The Morgan fingerprint density at radius 2 is 2.06 bits per heavy atom. The Kier molecular flexibility index (Phi) is 7.05. The number of aromatic nitrogens is 1. The zero-order valence-electron chi connectivity index (χ0n) is 21.5. The molecule has 2 N–H and O–H groups in total. The van der Waals surface area contributed by atoms with Crippen LogP contribution in [-0.2, 0) is 6.42 Å². The van der Waals surface area contributed by atoms with Crippen molar-refractivity contribution in [3.05, 3.63) is 65.0 Å². The van der Waals surface area contributed by atoms with Crippen LogP contribution < -0.4 is 5.32 Å². The first-order valence-corrected chi connectivity index (χ1v) is 13.3. The molecule has 0 saturated carbocycles. The maximum atomic E-state index is 4.58. The summed E-state index contributed by atoms with van der Waals surface area (Å²) in [6, 6.07) is 7.48. The van der Waals surface area contributed by atoms with Crippen LogP contribution in [0.15, 0.2) is 58.2 Å². The van der Waals surface area contributed by atoms with E-state index in [2.05, 4.69) is 76.0 Å². The van der Waals surface area contributed by atoms with Crippen LogP contribution in [-0.4, -0.2) is 54.7 Å². The number of hydrogen-bond acceptors (Lipinski definition) is 4. The second-order valence-corrected chi connectivity index (χ2v) is 10.3. The van der Waals surface area contributed by atoms with E-state index in [1.807, 2.05) is 7.05 Å². The number of aryl methyl sites for hydroxylation is 1. The molecule has 5 nitrogen and oxygen atoms in total. The molecule has 35 heavy (non-hydrogen) atoms. The summed E-state index contributed by atoms with van der Waals surface area (Å²) in [6.07, 6.45) is 12.9. The number of nitrogens with zero attached hydrogens (tertiary/aromatic N) is 3. The van der Waals surface area contributed by atoms with Crippen LogP contribution >= 0.6 is 0 Å². The van der Waals surface area contributed by atoms with Crippen molar-refractivity contribution < 1.29 is 0 Å². The second-order valence-electron chi connectivity index (χ2n) is 10.3. The third kappa shape index (κ3) is 4.92. The molecule has 1 aromatic heterocycles. The number of allylic oxidation sites excluding steroid dienone is 4. The van der Waals surface area contributed by atoms with E-state index in [1.54, 1.807) is 6.34 Å². The van der Waals surface area contributed by atoms with Crippen LogP contribution in [0.5, 0.6) is 0 Å². The van der Waals surface area contributed by atoms with E-state index >= 15 is 0 Å². The van der Waals surface area contributed by atoms with Crippen molar-refractivity contribution in [2.24, 2.45) is 9.98 Å². The van der Waals surface area contributed by atoms with Gasteiger partial charge in [-0.2, -0.15) is 0 Å². The van der Waals surface area contributed by atoms with Gasteiger partial charge in [0.25, 0.3) is 0 Å². The van der Waals surface area contributed by atoms with E-state index in [0.717, 1.165) is 45.3 Å². The number of nitrogens with one attached hydrogen (secondary N) is 2. The number of aromatic amines is 1. The van der Waals surface area contributed by atoms with Crippen LogP contribution in [0, 0.1) is 0 Å². The summed E-state index contributed by atoms with van der Waals surface area (Å²) in [5.41, 5.74) is 10.4. The fraction of sp³-hybridized carbons (Fsp3) is 0.467. The van der Waals surface area contributed by atoms with E-state index in [9.17, 15) is 0 Å². The molecular formula is C30H39N5. The molecule has 1 fully saturated rings. The normalized spacial score (nSPS) is 24.1. The molecular weight excluding hydrogens is 430 g/mol. The Labute approximate surface area is 209 Å². The van der Waals surface area contributed by atoms with Gasteiger partial charge in [0.15, 0.2) is 0 Å². The molecule has 0 spiro atoms. The SMILES string of the molecule is C=C(CNC)N1CCC(c2ccc3[nH]c(C4=C/CCC5CC(=NC=N5)/C(C)=C\4)c(CC)c3c2)CC1. The highest BCUT2D eigenvalue weighted by Gasteiger charge is 2.23. The number of likely N-dealkylation sites (N-methyl/N-ethyl adjacent to an activating group) is 1. The fourth-order valence-electron chi connectivity index (χ4n) is 5.92. The number of aliphatic imine (C=N–C) groups is 2. The topological polar surface area (TPSA) is 55.8 Å². The van der Waals surface area contributed by atoms with Gasteiger partial charge in [-0.1, -0.05) is 25.6 Å². The molecule has 1 unspecified atom stereocenters. The minimum Gasteiger partial charge on any atom is -0.374 e. The summed E-state index contributed by atoms with van der Waals surface area (Å²) in [4.78, 5) is 15.4. The lowest BCUT2D eigenvalue weighted by Crippen LogP contribution is -2.35. The molecule has 1 aromatic carbocycles. The van der Waals surface area contributed by atoms with Crippen molar-refractivity contribution in [2.75, 3.05) is 26.7 Å². The predicted molar refractivity (Wildman–Crippen MR) is 150 cm³/mol. The van der Waals surface area contributed by atoms with Crippen molar-refractivity contribution in [1.82, 2.24) is 15.2 Å². The van der Waals surface area contributed by atoms with E-state index in [0.29, 0.717) is 12.0 Å². The van der Waals surface area contributed by atoms with E-state index in [4.69, 9.17) is 0 Å². The Morgan fingerprint density at radius 1 is 1.23 bits per heavy atom. The van der Waals surface area contributed by atoms with Gasteiger partial charge in [0, 0.05) is 54.1 Å². The summed E-state index contributed by atoms with van der Waals surface area (Å²) in [7, 11) is 1.99. The molecule has 5 rings (SSSR count). The van der Waals surface area contributed by atoms with Gasteiger partial charge in [-0.15, -0.1) is 0 Å². The molecule has 0 amide bonds. The highest BCUT2D eigenvalue weighted by atomic mass is 15.2. The third-order valence-electron chi connectivity index (χ3n) is 7.98. The lowest BCUT2D eigenvalue weighted by atomic mass is 9.88. The zero-order valence-corrected chi connectivity index (χ0v) is 21.5. The maximum Gasteiger partial charge on any atom is 0.110 e. The number of H-pyrrole nitrogens is 1. The lowest BCUT2D eigenvalue weighted by molar-refractivity contribution is 0.259. The van der Waals surface area contributed by atoms with Crippen molar-refractivity contribution in [1.29, 1.82) is 0 Å². The summed E-state index contributed by atoms with van der Waals surface area (Å²) < 4.78 is 0. The van der Waals surface area contributed by atoms with E-state index < -0.39 is 0 Å². The largest absolute Gasteiger partial charge is 0.374 e. The van der Waals surface area contributed by atoms with Gasteiger partial charge in [0.05, 0.1) is 6.04 Å². The highest BCUT2D eigenvalue weighted by Crippen LogP contribution is 2.35. The highest BCUT2D eigenvalue weighted by molar-refractivity contribution is 6.06. The standard InChI is InChI=1S/C30H39N5/c1-5-26-27-16-23(22-11-13-35(14-12-22)21(3)18-31-4)9-10-28(27)34-30(26)24-7-6-8-25-17-29(20(2)15-24)33-19-32-25/h7,9-10,15-16,19,22,25,31,34H,3,5-6,8,11-14,17-18H2,1-2,4H3/b20-15-,24-7+. The second kappa shape index (κ2) is 10.4. The molecule has 3 aliphatic rings. The molecule has 3 heterocycles. The van der Waals surface area contributed by atoms with Gasteiger partial charge in [-0.3, -0.25) is 4.99 Å². The van der Waals surface area contributed by atoms with Gasteiger partial charge in [-0.25, -0.2) is 4.99 Å². The third-order valence-corrected chi connectivity index (χ3v) is 7.98. The monoisotopic (exact) mass is 469 g/mol. The van der Waals surface area contributed by atoms with Gasteiger partial charge >= 0.3 is 0 Å². The first-order chi connectivity index (χ1) is 17.1. The molecule has 2 aromatic rings. The molecule has 2 bridgehead atoms. The Bertz CT molecular complexity index is 1220. The van der Waals surface area contributed by atoms with Crippen LogP contribution in [0.3, 0.4) is 0 Å². The molecule has 2 aliphatic heterocycles. The summed E-state index contributed by atoms with van der Waals surface area (Å²) in [5, 5.41) is 4.61. The van der Waals surface area contributed by atoms with Crippen LogP contribution in [0.1, 0.15) is 68.7 Å². The lowest BCUT2D eigenvalue weighted by Gasteiger charge is -2.35. The number of piperidine rings is 1. The minimum absolute atomic E-state index is 0.360. The first kappa shape index (κ1) is 23.8. The first-order valence-electron chi connectivity index (χ1n) is 13.3. The predicted octanol–water partition coefficient (Wildman–Crippen LogP) is 6.01. The van der Waals surface area contributed by atoms with Crippen molar-refractivity contribution >= 4 is 28.5 Å². The molecule has 184 valence electrons. The van der Waals surface area contributed by atoms with E-state index in [1.165, 1.54) is 63.1 Å². The maximum absolute atomic E-state index is 4.58. The average Bonchev–Trinajstić information content (AvgIpc) is 3.27. The number of fused-ring (bicyclic) bond motifs is 3. The minimum atomic E-state index is 0.360. The molecule has 1 atom stereocenters. The van der Waals surface area contributed by atoms with Gasteiger partial charge in [0.1, 0.15) is 6.34 Å². The quantitative estimate of drug-likeness (QED) is 0.544. The number of rotatable bonds is 6. The van der Waals surface area contributed by atoms with Gasteiger partial charge in [-0.05, 0) is 92.5 Å². The molecule has 5 heteroatoms. The Balaban J connectivity index is 1.43. The Hall–Kier alpha value is -2.92. The summed E-state index contributed by atoms with van der Waals surface area (Å²) in [6.45, 7) is 11.8. The summed E-state index contributed by atoms with van der Waals surface area (Å²) in [5.74, 6) is 0.615. The van der Waals surface area contributed by atoms with Gasteiger partial charge in [0.2, 0.25) is 0 Å². The Morgan fingerprint density at radius 3 is 2.83 bits per heavy atom. The smallest absolute Gasteiger partial charge is 0.110 e. The van der Waals surface area contributed by atoms with Crippen LogP contribution in [0.4, 0.5) is 0 Å². The molecule has 1 saturated heterocycles. The molecule has 1 aliphatic carbocycles. The van der Waals surface area contributed by atoms with Gasteiger partial charge < -0.3 is 15.2 Å². The summed E-state index contributed by atoms with van der Waals surface area (Å²) >= 11 is 0. The van der Waals surface area contributed by atoms with Crippen LogP contribution in [0.2, 0.25) is 0 Å². The van der Waals surface area contributed by atoms with E-state index in [-0.39, 0.29) is 0 Å². The number of hydrogen-bond donors (Lipinski definition) is 2. The van der Waals surface area contributed by atoms with Crippen molar-refractivity contribution in [3.63, 3.8) is 0 Å². The zero-order chi connectivity index (χ0) is 24.4. The average molecular weight is 470 g/mol. The van der Waals surface area contributed by atoms with Crippen LogP contribution in [0.25, 0.3) is 16.5 Å².